The molecular formula is C20H27P. The molecule has 0 N–H and O–H groups in total. The zero-order valence-electron chi connectivity index (χ0n) is 13.3. The predicted octanol–water partition coefficient (Wildman–Crippen LogP) is 5.87. The maximum Gasteiger partial charge on any atom is 0.00945 e. The number of benzene rings is 2. The van der Waals surface area contributed by atoms with Crippen molar-refractivity contribution in [2.24, 2.45) is 0 Å². The lowest BCUT2D eigenvalue weighted by Gasteiger charge is -2.22. The minimum atomic E-state index is 0.539. The Kier molecular flexibility index (Phi) is 6.46. The lowest BCUT2D eigenvalue weighted by atomic mass is 9.83. The Morgan fingerprint density at radius 3 is 1.76 bits per heavy atom. The van der Waals surface area contributed by atoms with Gasteiger partial charge in [-0.15, -0.1) is 9.24 Å². The van der Waals surface area contributed by atoms with Crippen molar-refractivity contribution < 1.29 is 0 Å². The Morgan fingerprint density at radius 1 is 0.762 bits per heavy atom. The van der Waals surface area contributed by atoms with E-state index in [1.54, 1.807) is 0 Å². The van der Waals surface area contributed by atoms with Crippen LogP contribution in [0.1, 0.15) is 53.9 Å². The number of hydrogen-bond donors (Lipinski definition) is 0. The van der Waals surface area contributed by atoms with E-state index in [4.69, 9.17) is 0 Å². The van der Waals surface area contributed by atoms with Crippen LogP contribution >= 0.6 is 9.24 Å². The molecule has 0 saturated carbocycles. The summed E-state index contributed by atoms with van der Waals surface area (Å²) in [5.74, 6) is 0.539. The van der Waals surface area contributed by atoms with Gasteiger partial charge in [-0.3, -0.25) is 0 Å². The molecule has 0 aliphatic rings. The summed E-state index contributed by atoms with van der Waals surface area (Å²) in [6.07, 6.45) is 6.43. The molecular weight excluding hydrogens is 271 g/mol. The smallest absolute Gasteiger partial charge is 0.00945 e. The molecule has 1 unspecified atom stereocenters. The molecule has 2 aromatic carbocycles. The van der Waals surface area contributed by atoms with Crippen LogP contribution in [0.4, 0.5) is 0 Å². The van der Waals surface area contributed by atoms with Crippen LogP contribution in [0, 0.1) is 13.8 Å². The molecule has 1 heteroatoms. The first-order valence-corrected chi connectivity index (χ1v) is 8.87. The minimum Gasteiger partial charge on any atom is -0.138 e. The van der Waals surface area contributed by atoms with Crippen LogP contribution in [0.15, 0.2) is 48.5 Å². The summed E-state index contributed by atoms with van der Waals surface area (Å²) >= 11 is 0. The third kappa shape index (κ3) is 4.42. The topological polar surface area (TPSA) is 0 Å². The molecule has 0 spiro atoms. The van der Waals surface area contributed by atoms with E-state index in [1.165, 1.54) is 54.1 Å². The maximum absolute atomic E-state index is 2.83. The van der Waals surface area contributed by atoms with Crippen LogP contribution in [-0.4, -0.2) is 6.16 Å². The van der Waals surface area contributed by atoms with Gasteiger partial charge in [-0.25, -0.2) is 0 Å². The second-order valence-corrected chi connectivity index (χ2v) is 6.48. The highest BCUT2D eigenvalue weighted by atomic mass is 31.0. The normalized spacial score (nSPS) is 11.0. The van der Waals surface area contributed by atoms with E-state index in [2.05, 4.69) is 71.6 Å². The highest BCUT2D eigenvalue weighted by Gasteiger charge is 2.17. The van der Waals surface area contributed by atoms with Gasteiger partial charge >= 0.3 is 0 Å². The lowest BCUT2D eigenvalue weighted by Crippen LogP contribution is -2.05. The van der Waals surface area contributed by atoms with Gasteiger partial charge in [0.05, 0.1) is 0 Å². The van der Waals surface area contributed by atoms with Crippen molar-refractivity contribution in [1.82, 2.24) is 0 Å². The average Bonchev–Trinajstić information content (AvgIpc) is 2.50. The minimum absolute atomic E-state index is 0.539. The third-order valence-corrected chi connectivity index (χ3v) is 4.73. The second-order valence-electron chi connectivity index (χ2n) is 5.90. The average molecular weight is 298 g/mol. The maximum atomic E-state index is 2.83. The van der Waals surface area contributed by atoms with E-state index in [1.807, 2.05) is 0 Å². The van der Waals surface area contributed by atoms with Crippen molar-refractivity contribution in [3.8, 4) is 0 Å². The quantitative estimate of drug-likeness (QED) is 0.443. The molecule has 0 aliphatic heterocycles. The van der Waals surface area contributed by atoms with Crippen LogP contribution in [0.25, 0.3) is 0 Å². The van der Waals surface area contributed by atoms with Gasteiger partial charge < -0.3 is 0 Å². The fourth-order valence-corrected chi connectivity index (χ4v) is 3.39. The molecule has 0 fully saturated rings. The standard InChI is InChI=1S/C20H27P/c1-16-10-5-7-12-18(16)20(14-4-3-9-15-21)19-13-8-6-11-17(19)2/h5-8,10-13,20H,3-4,9,14-15,21H2,1-2H3. The van der Waals surface area contributed by atoms with Gasteiger partial charge in [0.25, 0.3) is 0 Å². The summed E-state index contributed by atoms with van der Waals surface area (Å²) in [5, 5.41) is 0. The molecule has 0 heterocycles. The SMILES string of the molecule is Cc1ccccc1C(CCCCCP)c1ccccc1C. The van der Waals surface area contributed by atoms with E-state index < -0.39 is 0 Å². The zero-order chi connectivity index (χ0) is 15.1. The van der Waals surface area contributed by atoms with Crippen LogP contribution in [0.5, 0.6) is 0 Å². The summed E-state index contributed by atoms with van der Waals surface area (Å²) < 4.78 is 0. The summed E-state index contributed by atoms with van der Waals surface area (Å²) in [6.45, 7) is 4.48. The van der Waals surface area contributed by atoms with Crippen molar-refractivity contribution in [2.75, 3.05) is 6.16 Å². The highest BCUT2D eigenvalue weighted by molar-refractivity contribution is 7.16. The van der Waals surface area contributed by atoms with Crippen LogP contribution in [0.2, 0.25) is 0 Å². The summed E-state index contributed by atoms with van der Waals surface area (Å²) in [5.41, 5.74) is 5.82. The first kappa shape index (κ1) is 16.2. The zero-order valence-corrected chi connectivity index (χ0v) is 14.5. The van der Waals surface area contributed by atoms with Gasteiger partial charge in [0.15, 0.2) is 0 Å². The predicted molar refractivity (Wildman–Crippen MR) is 97.2 cm³/mol. The first-order valence-electron chi connectivity index (χ1n) is 8.05. The molecule has 2 rings (SSSR count). The molecule has 0 aliphatic carbocycles. The van der Waals surface area contributed by atoms with Gasteiger partial charge in [0.1, 0.15) is 0 Å². The number of hydrogen-bond acceptors (Lipinski definition) is 0. The molecule has 2 aromatic rings. The van der Waals surface area contributed by atoms with Gasteiger partial charge in [0, 0.05) is 5.92 Å². The summed E-state index contributed by atoms with van der Waals surface area (Å²) in [4.78, 5) is 0. The van der Waals surface area contributed by atoms with Gasteiger partial charge in [0.2, 0.25) is 0 Å². The molecule has 0 amide bonds. The molecule has 0 aromatic heterocycles. The van der Waals surface area contributed by atoms with Crippen LogP contribution in [0.3, 0.4) is 0 Å². The van der Waals surface area contributed by atoms with Gasteiger partial charge in [-0.2, -0.15) is 0 Å². The van der Waals surface area contributed by atoms with Crippen molar-refractivity contribution >= 4 is 9.24 Å². The molecule has 1 atom stereocenters. The molecule has 0 radical (unpaired) electrons. The molecule has 112 valence electrons. The third-order valence-electron chi connectivity index (χ3n) is 4.32. The Balaban J connectivity index is 2.27. The van der Waals surface area contributed by atoms with Gasteiger partial charge in [-0.05, 0) is 55.1 Å². The Hall–Kier alpha value is -1.13. The monoisotopic (exact) mass is 298 g/mol. The summed E-state index contributed by atoms with van der Waals surface area (Å²) in [6, 6.07) is 17.7. The van der Waals surface area contributed by atoms with Crippen molar-refractivity contribution in [3.63, 3.8) is 0 Å². The number of rotatable bonds is 7. The Morgan fingerprint density at radius 2 is 1.29 bits per heavy atom. The van der Waals surface area contributed by atoms with Crippen LogP contribution < -0.4 is 0 Å². The van der Waals surface area contributed by atoms with E-state index in [0.29, 0.717) is 5.92 Å². The Bertz CT molecular complexity index is 514. The second kappa shape index (κ2) is 8.35. The van der Waals surface area contributed by atoms with Gasteiger partial charge in [-0.1, -0.05) is 61.4 Å². The van der Waals surface area contributed by atoms with E-state index in [0.717, 1.165) is 0 Å². The number of aryl methyl sites for hydroxylation is 2. The Labute approximate surface area is 132 Å². The van der Waals surface area contributed by atoms with E-state index in [-0.39, 0.29) is 0 Å². The van der Waals surface area contributed by atoms with Crippen molar-refractivity contribution in [3.05, 3.63) is 70.8 Å². The summed E-state index contributed by atoms with van der Waals surface area (Å²) in [7, 11) is 2.83. The fraction of sp³-hybridized carbons (Fsp3) is 0.400. The first-order chi connectivity index (χ1) is 10.2. The van der Waals surface area contributed by atoms with Crippen molar-refractivity contribution in [1.29, 1.82) is 0 Å². The highest BCUT2D eigenvalue weighted by Crippen LogP contribution is 2.33. The van der Waals surface area contributed by atoms with E-state index in [9.17, 15) is 0 Å². The lowest BCUT2D eigenvalue weighted by molar-refractivity contribution is 0.617. The fourth-order valence-electron chi connectivity index (χ4n) is 3.10. The van der Waals surface area contributed by atoms with E-state index >= 15 is 0 Å². The number of unbranched alkanes of at least 4 members (excludes halogenated alkanes) is 2. The van der Waals surface area contributed by atoms with Crippen molar-refractivity contribution in [2.45, 2.75) is 45.4 Å². The molecule has 0 nitrogen and oxygen atoms in total. The molecule has 21 heavy (non-hydrogen) atoms. The molecule has 0 saturated heterocycles. The molecule has 0 bridgehead atoms. The van der Waals surface area contributed by atoms with Crippen LogP contribution in [-0.2, 0) is 0 Å². The largest absolute Gasteiger partial charge is 0.138 e.